The topological polar surface area (TPSA) is 82.1 Å². The van der Waals surface area contributed by atoms with E-state index in [0.717, 1.165) is 0 Å². The Kier molecular flexibility index (Phi) is 3.26. The summed E-state index contributed by atoms with van der Waals surface area (Å²) in [6.07, 6.45) is -0.00612. The lowest BCUT2D eigenvalue weighted by atomic mass is 9.82. The number of aliphatic hydroxyl groups is 1. The average molecular weight is 302 g/mol. The van der Waals surface area contributed by atoms with Crippen LogP contribution < -0.4 is 9.47 Å². The predicted octanol–water partition coefficient (Wildman–Crippen LogP) is 1.63. The number of benzene rings is 1. The van der Waals surface area contributed by atoms with Gasteiger partial charge in [0.2, 0.25) is 12.1 Å². The molecule has 0 saturated heterocycles. The summed E-state index contributed by atoms with van der Waals surface area (Å²) in [4.78, 5) is 25.4. The fraction of sp³-hybridized carbons (Fsp3) is 0.250. The number of fused-ring (bicyclic) bond motifs is 1. The van der Waals surface area contributed by atoms with Gasteiger partial charge >= 0.3 is 0 Å². The first-order valence-electron chi connectivity index (χ1n) is 6.60. The van der Waals surface area contributed by atoms with Gasteiger partial charge in [-0.25, -0.2) is 0 Å². The molecular weight excluding hydrogens is 288 g/mol. The quantitative estimate of drug-likeness (QED) is 0.894. The van der Waals surface area contributed by atoms with Gasteiger partial charge in [-0.2, -0.15) is 0 Å². The second kappa shape index (κ2) is 4.99. The molecule has 22 heavy (non-hydrogen) atoms. The summed E-state index contributed by atoms with van der Waals surface area (Å²) in [5.74, 6) is 0.140. The third-order valence-electron chi connectivity index (χ3n) is 3.67. The van der Waals surface area contributed by atoms with Gasteiger partial charge in [-0.15, -0.1) is 0 Å². The lowest BCUT2D eigenvalue weighted by molar-refractivity contribution is -0.0374. The van der Waals surface area contributed by atoms with E-state index >= 15 is 0 Å². The van der Waals surface area contributed by atoms with Gasteiger partial charge in [0.25, 0.3) is 0 Å². The highest BCUT2D eigenvalue weighted by atomic mass is 16.6. The zero-order valence-electron chi connectivity index (χ0n) is 12.3. The highest BCUT2D eigenvalue weighted by Crippen LogP contribution is 2.39. The first-order valence-corrected chi connectivity index (χ1v) is 6.60. The summed E-state index contributed by atoms with van der Waals surface area (Å²) < 4.78 is 15.5. The van der Waals surface area contributed by atoms with Crippen LogP contribution in [0.5, 0.6) is 11.5 Å². The smallest absolute Gasteiger partial charge is 0.228 e. The van der Waals surface area contributed by atoms with Crippen molar-refractivity contribution >= 4 is 11.6 Å². The van der Waals surface area contributed by atoms with E-state index in [1.54, 1.807) is 6.92 Å². The van der Waals surface area contributed by atoms with Crippen molar-refractivity contribution in [1.29, 1.82) is 0 Å². The van der Waals surface area contributed by atoms with Crippen molar-refractivity contribution in [2.24, 2.45) is 0 Å². The lowest BCUT2D eigenvalue weighted by Crippen LogP contribution is -2.32. The zero-order chi connectivity index (χ0) is 16.0. The number of aliphatic hydroxyl groups excluding tert-OH is 1. The Balaban J connectivity index is 2.28. The van der Waals surface area contributed by atoms with E-state index in [2.05, 4.69) is 0 Å². The third-order valence-corrected chi connectivity index (χ3v) is 3.67. The number of allylic oxidation sites excluding steroid dienone is 3. The van der Waals surface area contributed by atoms with Crippen LogP contribution in [0.25, 0.3) is 0 Å². The number of ether oxygens (including phenoxy) is 3. The number of hydrogen-bond donors (Lipinski definition) is 1. The third kappa shape index (κ3) is 1.92. The van der Waals surface area contributed by atoms with E-state index in [0.29, 0.717) is 11.5 Å². The first kappa shape index (κ1) is 14.3. The van der Waals surface area contributed by atoms with Crippen LogP contribution in [-0.4, -0.2) is 37.2 Å². The molecule has 0 amide bonds. The van der Waals surface area contributed by atoms with Crippen LogP contribution in [0, 0.1) is 0 Å². The number of carbonyl (C=O) groups excluding carboxylic acids is 2. The molecule has 1 aromatic carbocycles. The van der Waals surface area contributed by atoms with Crippen LogP contribution in [0.4, 0.5) is 0 Å². The largest absolute Gasteiger partial charge is 0.497 e. The molecule has 114 valence electrons. The van der Waals surface area contributed by atoms with E-state index < -0.39 is 12.1 Å². The summed E-state index contributed by atoms with van der Waals surface area (Å²) in [5.41, 5.74) is 0.386. The van der Waals surface area contributed by atoms with E-state index in [1.807, 2.05) is 0 Å². The molecule has 0 saturated carbocycles. The number of carbonyl (C=O) groups is 2. The van der Waals surface area contributed by atoms with E-state index in [1.165, 1.54) is 32.4 Å². The lowest BCUT2D eigenvalue weighted by Gasteiger charge is -2.28. The van der Waals surface area contributed by atoms with Crippen molar-refractivity contribution in [3.63, 3.8) is 0 Å². The minimum absolute atomic E-state index is 0.0634. The van der Waals surface area contributed by atoms with Gasteiger partial charge in [0.05, 0.1) is 31.1 Å². The number of rotatable bonds is 2. The van der Waals surface area contributed by atoms with Crippen LogP contribution in [0.3, 0.4) is 0 Å². The molecule has 1 N–H and O–H groups in total. The molecule has 1 atom stereocenters. The standard InChI is InChI=1S/C16H14O6/c1-7-4-9-13(16(19)22-7)15(18)12-10(14(9)17)5-8(20-2)6-11(12)21-3/h4-6,16,19H,1-3H3/t16-/m0/s1. The monoisotopic (exact) mass is 302 g/mol. The van der Waals surface area contributed by atoms with Gasteiger partial charge in [0, 0.05) is 17.2 Å². The van der Waals surface area contributed by atoms with Gasteiger partial charge < -0.3 is 19.3 Å². The van der Waals surface area contributed by atoms with Crippen LogP contribution in [0.15, 0.2) is 35.1 Å². The van der Waals surface area contributed by atoms with Crippen LogP contribution in [0.2, 0.25) is 0 Å². The molecule has 0 radical (unpaired) electrons. The van der Waals surface area contributed by atoms with Crippen LogP contribution in [-0.2, 0) is 4.74 Å². The van der Waals surface area contributed by atoms with Gasteiger partial charge in [0.1, 0.15) is 11.5 Å². The van der Waals surface area contributed by atoms with E-state index in [4.69, 9.17) is 14.2 Å². The summed E-state index contributed by atoms with van der Waals surface area (Å²) >= 11 is 0. The van der Waals surface area contributed by atoms with Crippen molar-refractivity contribution in [3.05, 3.63) is 46.2 Å². The molecule has 1 heterocycles. The maximum Gasteiger partial charge on any atom is 0.228 e. The second-order valence-corrected chi connectivity index (χ2v) is 4.96. The molecule has 2 aliphatic rings. The van der Waals surface area contributed by atoms with Gasteiger partial charge in [-0.05, 0) is 19.1 Å². The zero-order valence-corrected chi connectivity index (χ0v) is 12.3. The van der Waals surface area contributed by atoms with E-state index in [-0.39, 0.29) is 33.8 Å². The normalized spacial score (nSPS) is 20.0. The molecule has 0 fully saturated rings. The van der Waals surface area contributed by atoms with E-state index in [9.17, 15) is 14.7 Å². The molecule has 6 heteroatoms. The molecule has 1 aliphatic carbocycles. The molecule has 3 rings (SSSR count). The fourth-order valence-corrected chi connectivity index (χ4v) is 2.67. The maximum atomic E-state index is 12.7. The SMILES string of the molecule is COc1cc(OC)c2c(c1)C(=O)C1=C(C2=O)[C@@H](O)OC(C)=C1. The minimum Gasteiger partial charge on any atom is -0.497 e. The molecule has 0 bridgehead atoms. The number of hydrogen-bond acceptors (Lipinski definition) is 6. The average Bonchev–Trinajstić information content (AvgIpc) is 2.50. The molecule has 0 spiro atoms. The van der Waals surface area contributed by atoms with Gasteiger partial charge in [-0.3, -0.25) is 9.59 Å². The molecule has 1 aliphatic heterocycles. The Morgan fingerprint density at radius 2 is 1.86 bits per heavy atom. The van der Waals surface area contributed by atoms with Crippen molar-refractivity contribution in [1.82, 2.24) is 0 Å². The number of methoxy groups -OCH3 is 2. The predicted molar refractivity (Wildman–Crippen MR) is 76.1 cm³/mol. The highest BCUT2D eigenvalue weighted by Gasteiger charge is 2.40. The Morgan fingerprint density at radius 3 is 2.50 bits per heavy atom. The summed E-state index contributed by atoms with van der Waals surface area (Å²) in [5, 5.41) is 9.99. The van der Waals surface area contributed by atoms with Crippen molar-refractivity contribution in [2.45, 2.75) is 13.2 Å². The minimum atomic E-state index is -1.46. The molecule has 1 aromatic rings. The summed E-state index contributed by atoms with van der Waals surface area (Å²) in [6.45, 7) is 1.60. The number of ketones is 2. The highest BCUT2D eigenvalue weighted by molar-refractivity contribution is 6.29. The van der Waals surface area contributed by atoms with Crippen LogP contribution >= 0.6 is 0 Å². The van der Waals surface area contributed by atoms with Crippen molar-refractivity contribution in [3.8, 4) is 11.5 Å². The van der Waals surface area contributed by atoms with Gasteiger partial charge in [-0.1, -0.05) is 0 Å². The Hall–Kier alpha value is -2.60. The molecule has 0 aromatic heterocycles. The fourth-order valence-electron chi connectivity index (χ4n) is 2.67. The van der Waals surface area contributed by atoms with Crippen molar-refractivity contribution < 1.29 is 28.9 Å². The number of Topliss-reactive ketones (excluding diaryl/α,β-unsaturated/α-hetero) is 2. The molecule has 0 unspecified atom stereocenters. The first-order chi connectivity index (χ1) is 10.5. The van der Waals surface area contributed by atoms with Crippen molar-refractivity contribution in [2.75, 3.05) is 14.2 Å². The molecular formula is C16H14O6. The summed E-state index contributed by atoms with van der Waals surface area (Å²) in [7, 11) is 2.86. The maximum absolute atomic E-state index is 12.7. The summed E-state index contributed by atoms with van der Waals surface area (Å²) in [6, 6.07) is 3.01. The Bertz CT molecular complexity index is 756. The van der Waals surface area contributed by atoms with Gasteiger partial charge in [0.15, 0.2) is 5.78 Å². The molecule has 6 nitrogen and oxygen atoms in total. The Morgan fingerprint density at radius 1 is 1.14 bits per heavy atom. The Labute approximate surface area is 126 Å². The van der Waals surface area contributed by atoms with Crippen LogP contribution in [0.1, 0.15) is 27.6 Å². The second-order valence-electron chi connectivity index (χ2n) is 4.96.